The minimum atomic E-state index is -0.342. The number of likely N-dealkylation sites (N-methyl/N-ethyl adjacent to an activating group) is 1. The molecule has 0 atom stereocenters. The van der Waals surface area contributed by atoms with E-state index >= 15 is 0 Å². The molecule has 0 aliphatic carbocycles. The van der Waals surface area contributed by atoms with Crippen molar-refractivity contribution in [1.82, 2.24) is 24.8 Å². The van der Waals surface area contributed by atoms with Gasteiger partial charge in [-0.2, -0.15) is 0 Å². The third kappa shape index (κ3) is 4.80. The molecule has 3 heterocycles. The summed E-state index contributed by atoms with van der Waals surface area (Å²) in [7, 11) is 3.77. The number of rotatable bonds is 5. The van der Waals surface area contributed by atoms with Gasteiger partial charge in [-0.25, -0.2) is 9.97 Å². The Labute approximate surface area is 164 Å². The van der Waals surface area contributed by atoms with E-state index in [9.17, 15) is 9.59 Å². The van der Waals surface area contributed by atoms with Crippen molar-refractivity contribution in [1.29, 1.82) is 0 Å². The van der Waals surface area contributed by atoms with Gasteiger partial charge >= 0.3 is 0 Å². The monoisotopic (exact) mass is 383 g/mol. The summed E-state index contributed by atoms with van der Waals surface area (Å²) in [4.78, 5) is 43.5. The van der Waals surface area contributed by atoms with Gasteiger partial charge in [0.2, 0.25) is 5.91 Å². The van der Waals surface area contributed by atoms with Gasteiger partial charge in [-0.05, 0) is 33.2 Å². The predicted octanol–water partition coefficient (Wildman–Crippen LogP) is 0.643. The SMILES string of the molecule is Cc1ncc(N2CCN(C(=O)CN(C)C)CC2)nc1C(=O)Nc1ccccn1. The Morgan fingerprint density at radius 1 is 1.14 bits per heavy atom. The number of pyridine rings is 1. The van der Waals surface area contributed by atoms with Crippen molar-refractivity contribution >= 4 is 23.5 Å². The second kappa shape index (κ2) is 8.75. The number of carbonyl (C=O) groups excluding carboxylic acids is 2. The summed E-state index contributed by atoms with van der Waals surface area (Å²) < 4.78 is 0. The van der Waals surface area contributed by atoms with Crippen molar-refractivity contribution in [3.8, 4) is 0 Å². The molecule has 1 saturated heterocycles. The smallest absolute Gasteiger partial charge is 0.277 e. The summed E-state index contributed by atoms with van der Waals surface area (Å²) in [5.74, 6) is 0.879. The van der Waals surface area contributed by atoms with Gasteiger partial charge in [0, 0.05) is 32.4 Å². The molecule has 0 spiro atoms. The van der Waals surface area contributed by atoms with Crippen LogP contribution in [0.4, 0.5) is 11.6 Å². The van der Waals surface area contributed by atoms with Crippen LogP contribution in [0.1, 0.15) is 16.2 Å². The number of nitrogens with one attached hydrogen (secondary N) is 1. The van der Waals surface area contributed by atoms with E-state index in [0.717, 1.165) is 0 Å². The Hall–Kier alpha value is -3.07. The first-order chi connectivity index (χ1) is 13.4. The van der Waals surface area contributed by atoms with Crippen molar-refractivity contribution in [3.63, 3.8) is 0 Å². The highest BCUT2D eigenvalue weighted by atomic mass is 16.2. The molecule has 9 nitrogen and oxygen atoms in total. The largest absolute Gasteiger partial charge is 0.352 e. The summed E-state index contributed by atoms with van der Waals surface area (Å²) in [6, 6.07) is 5.30. The number of amides is 2. The molecule has 3 rings (SSSR count). The zero-order valence-corrected chi connectivity index (χ0v) is 16.4. The summed E-state index contributed by atoms with van der Waals surface area (Å²) in [6.45, 7) is 4.70. The maximum atomic E-state index is 12.6. The van der Waals surface area contributed by atoms with Gasteiger partial charge in [0.05, 0.1) is 18.4 Å². The standard InChI is InChI=1S/C19H25N7O2/c1-14-18(19(28)22-15-6-4-5-7-20-15)23-16(12-21-14)25-8-10-26(11-9-25)17(27)13-24(2)3/h4-7,12H,8-11,13H2,1-3H3,(H,20,22,28). The molecule has 148 valence electrons. The lowest BCUT2D eigenvalue weighted by atomic mass is 10.2. The van der Waals surface area contributed by atoms with Gasteiger partial charge in [0.15, 0.2) is 5.69 Å². The van der Waals surface area contributed by atoms with Crippen molar-refractivity contribution in [2.45, 2.75) is 6.92 Å². The average Bonchev–Trinajstić information content (AvgIpc) is 2.68. The van der Waals surface area contributed by atoms with Crippen LogP contribution in [-0.2, 0) is 4.79 Å². The maximum absolute atomic E-state index is 12.6. The number of aromatic nitrogens is 3. The summed E-state index contributed by atoms with van der Waals surface area (Å²) in [6.07, 6.45) is 3.28. The lowest BCUT2D eigenvalue weighted by Gasteiger charge is -2.35. The van der Waals surface area contributed by atoms with E-state index in [1.165, 1.54) is 0 Å². The molecule has 1 N–H and O–H groups in total. The van der Waals surface area contributed by atoms with Crippen LogP contribution in [-0.4, -0.2) is 83.4 Å². The molecule has 2 amide bonds. The van der Waals surface area contributed by atoms with Crippen LogP contribution in [0.3, 0.4) is 0 Å². The van der Waals surface area contributed by atoms with E-state index in [1.54, 1.807) is 37.5 Å². The molecule has 28 heavy (non-hydrogen) atoms. The second-order valence-corrected chi connectivity index (χ2v) is 6.94. The highest BCUT2D eigenvalue weighted by Gasteiger charge is 2.23. The molecule has 1 aliphatic rings. The zero-order chi connectivity index (χ0) is 20.1. The van der Waals surface area contributed by atoms with Crippen molar-refractivity contribution in [2.24, 2.45) is 0 Å². The number of piperazine rings is 1. The third-order valence-corrected chi connectivity index (χ3v) is 4.47. The van der Waals surface area contributed by atoms with Crippen LogP contribution < -0.4 is 10.2 Å². The van der Waals surface area contributed by atoms with Gasteiger partial charge in [-0.1, -0.05) is 6.07 Å². The molecule has 1 fully saturated rings. The fourth-order valence-electron chi connectivity index (χ4n) is 2.98. The topological polar surface area (TPSA) is 94.6 Å². The lowest BCUT2D eigenvalue weighted by molar-refractivity contribution is -0.132. The highest BCUT2D eigenvalue weighted by Crippen LogP contribution is 2.16. The predicted molar refractivity (Wildman–Crippen MR) is 106 cm³/mol. The van der Waals surface area contributed by atoms with Gasteiger partial charge in [0.25, 0.3) is 5.91 Å². The van der Waals surface area contributed by atoms with E-state index in [4.69, 9.17) is 0 Å². The maximum Gasteiger partial charge on any atom is 0.277 e. The van der Waals surface area contributed by atoms with E-state index in [1.807, 2.05) is 28.8 Å². The molecule has 0 bridgehead atoms. The molecule has 0 saturated carbocycles. The Morgan fingerprint density at radius 3 is 2.54 bits per heavy atom. The van der Waals surface area contributed by atoms with E-state index < -0.39 is 0 Å². The van der Waals surface area contributed by atoms with Gasteiger partial charge in [-0.3, -0.25) is 14.6 Å². The van der Waals surface area contributed by atoms with E-state index in [0.29, 0.717) is 50.1 Å². The lowest BCUT2D eigenvalue weighted by Crippen LogP contribution is -2.51. The first-order valence-corrected chi connectivity index (χ1v) is 9.17. The zero-order valence-electron chi connectivity index (χ0n) is 16.4. The molecular weight excluding hydrogens is 358 g/mol. The molecule has 2 aromatic rings. The summed E-state index contributed by atoms with van der Waals surface area (Å²) in [5.41, 5.74) is 0.825. The number of hydrogen-bond acceptors (Lipinski definition) is 7. The third-order valence-electron chi connectivity index (χ3n) is 4.47. The van der Waals surface area contributed by atoms with Crippen LogP contribution in [0.15, 0.2) is 30.6 Å². The molecule has 0 unspecified atom stereocenters. The Bertz CT molecular complexity index is 833. The molecule has 1 aliphatic heterocycles. The molecular formula is C19H25N7O2. The first-order valence-electron chi connectivity index (χ1n) is 9.17. The summed E-state index contributed by atoms with van der Waals surface area (Å²) >= 11 is 0. The van der Waals surface area contributed by atoms with E-state index in [2.05, 4.69) is 20.3 Å². The van der Waals surface area contributed by atoms with Gasteiger partial charge < -0.3 is 20.0 Å². The molecule has 0 aromatic carbocycles. The Kier molecular flexibility index (Phi) is 6.15. The first kappa shape index (κ1) is 19.7. The number of aryl methyl sites for hydroxylation is 1. The number of hydrogen-bond donors (Lipinski definition) is 1. The minimum absolute atomic E-state index is 0.120. The van der Waals surface area contributed by atoms with Crippen LogP contribution in [0.25, 0.3) is 0 Å². The van der Waals surface area contributed by atoms with Crippen LogP contribution in [0.5, 0.6) is 0 Å². The molecule has 0 radical (unpaired) electrons. The quantitative estimate of drug-likeness (QED) is 0.810. The number of nitrogens with zero attached hydrogens (tertiary/aromatic N) is 6. The second-order valence-electron chi connectivity index (χ2n) is 6.94. The molecule has 2 aromatic heterocycles. The van der Waals surface area contributed by atoms with Crippen LogP contribution in [0, 0.1) is 6.92 Å². The highest BCUT2D eigenvalue weighted by molar-refractivity contribution is 6.03. The van der Waals surface area contributed by atoms with Crippen LogP contribution in [0.2, 0.25) is 0 Å². The van der Waals surface area contributed by atoms with Crippen molar-refractivity contribution in [2.75, 3.05) is 57.0 Å². The summed E-state index contributed by atoms with van der Waals surface area (Å²) in [5, 5.41) is 2.74. The fraction of sp³-hybridized carbons (Fsp3) is 0.421. The van der Waals surface area contributed by atoms with E-state index in [-0.39, 0.29) is 17.5 Å². The Morgan fingerprint density at radius 2 is 1.89 bits per heavy atom. The van der Waals surface area contributed by atoms with Crippen molar-refractivity contribution < 1.29 is 9.59 Å². The average molecular weight is 383 g/mol. The Balaban J connectivity index is 1.67. The van der Waals surface area contributed by atoms with Crippen LogP contribution >= 0.6 is 0 Å². The molecule has 9 heteroatoms. The van der Waals surface area contributed by atoms with Gasteiger partial charge in [0.1, 0.15) is 11.6 Å². The fourth-order valence-corrected chi connectivity index (χ4v) is 2.98. The minimum Gasteiger partial charge on any atom is -0.352 e. The normalized spacial score (nSPS) is 14.3. The number of carbonyl (C=O) groups is 2. The van der Waals surface area contributed by atoms with Crippen molar-refractivity contribution in [3.05, 3.63) is 42.0 Å². The number of anilines is 2. The van der Waals surface area contributed by atoms with Gasteiger partial charge in [-0.15, -0.1) is 0 Å².